The third kappa shape index (κ3) is 5.14. The van der Waals surface area contributed by atoms with E-state index in [1.54, 1.807) is 0 Å². The first kappa shape index (κ1) is 19.0. The highest BCUT2D eigenvalue weighted by Crippen LogP contribution is 2.20. The summed E-state index contributed by atoms with van der Waals surface area (Å²) in [5.41, 5.74) is 1.41. The summed E-state index contributed by atoms with van der Waals surface area (Å²) in [4.78, 5) is 26.4. The van der Waals surface area contributed by atoms with Crippen molar-refractivity contribution in [1.29, 1.82) is 0 Å². The molecule has 3 rings (SSSR count). The molecule has 2 fully saturated rings. The average Bonchev–Trinajstić information content (AvgIpc) is 2.69. The van der Waals surface area contributed by atoms with E-state index in [1.165, 1.54) is 6.42 Å². The summed E-state index contributed by atoms with van der Waals surface area (Å²) in [6.07, 6.45) is 3.59. The van der Waals surface area contributed by atoms with Crippen molar-refractivity contribution in [3.63, 3.8) is 0 Å². The number of carbonyl (C=O) groups excluding carboxylic acids is 1. The number of anilines is 1. The van der Waals surface area contributed by atoms with Crippen LogP contribution in [0.15, 0.2) is 6.07 Å². The molecule has 0 spiro atoms. The molecular formula is C19H31N5O2. The van der Waals surface area contributed by atoms with Gasteiger partial charge in [-0.3, -0.25) is 9.69 Å². The average molecular weight is 361 g/mol. The second-order valence-electron chi connectivity index (χ2n) is 7.39. The van der Waals surface area contributed by atoms with Crippen LogP contribution in [0.25, 0.3) is 0 Å². The summed E-state index contributed by atoms with van der Waals surface area (Å²) in [5, 5.41) is 3.01. The van der Waals surface area contributed by atoms with Crippen LogP contribution < -0.4 is 10.2 Å². The van der Waals surface area contributed by atoms with E-state index in [0.29, 0.717) is 18.2 Å². The fraction of sp³-hybridized carbons (Fsp3) is 0.737. The highest BCUT2D eigenvalue weighted by Gasteiger charge is 2.19. The van der Waals surface area contributed by atoms with E-state index in [1.807, 2.05) is 6.07 Å². The van der Waals surface area contributed by atoms with Gasteiger partial charge in [0.1, 0.15) is 5.69 Å². The number of rotatable bonds is 6. The molecule has 144 valence electrons. The lowest BCUT2D eigenvalue weighted by Crippen LogP contribution is -2.41. The molecule has 7 nitrogen and oxygen atoms in total. The standard InChI is InChI=1S/C19H31N5O2/c1-15(2)16-14-17(22-19(21-16)24-7-4-3-5-8-24)18(25)20-6-9-23-10-12-26-13-11-23/h14-15H,3-13H2,1-2H3,(H,20,25). The summed E-state index contributed by atoms with van der Waals surface area (Å²) >= 11 is 0. The number of hydrogen-bond donors (Lipinski definition) is 1. The molecule has 0 aromatic carbocycles. The molecule has 1 aromatic heterocycles. The van der Waals surface area contributed by atoms with Crippen LogP contribution in [0.1, 0.15) is 55.2 Å². The van der Waals surface area contributed by atoms with Crippen LogP contribution in [0.4, 0.5) is 5.95 Å². The van der Waals surface area contributed by atoms with E-state index in [-0.39, 0.29) is 11.8 Å². The maximum atomic E-state index is 12.6. The maximum absolute atomic E-state index is 12.6. The van der Waals surface area contributed by atoms with E-state index in [4.69, 9.17) is 9.72 Å². The minimum absolute atomic E-state index is 0.110. The Morgan fingerprint density at radius 2 is 1.88 bits per heavy atom. The van der Waals surface area contributed by atoms with Crippen LogP contribution in [0.2, 0.25) is 0 Å². The first-order chi connectivity index (χ1) is 12.6. The largest absolute Gasteiger partial charge is 0.379 e. The van der Waals surface area contributed by atoms with Crippen molar-refractivity contribution in [3.8, 4) is 0 Å². The quantitative estimate of drug-likeness (QED) is 0.831. The van der Waals surface area contributed by atoms with Crippen LogP contribution in [0, 0.1) is 0 Å². The third-order valence-electron chi connectivity index (χ3n) is 5.01. The molecule has 2 saturated heterocycles. The van der Waals surface area contributed by atoms with Crippen LogP contribution in [0.3, 0.4) is 0 Å². The lowest BCUT2D eigenvalue weighted by Gasteiger charge is -2.27. The zero-order valence-corrected chi connectivity index (χ0v) is 16.0. The molecule has 1 aromatic rings. The SMILES string of the molecule is CC(C)c1cc(C(=O)NCCN2CCOCC2)nc(N2CCCCC2)n1. The molecule has 0 atom stereocenters. The van der Waals surface area contributed by atoms with Crippen molar-refractivity contribution in [2.45, 2.75) is 39.0 Å². The highest BCUT2D eigenvalue weighted by molar-refractivity contribution is 5.92. The predicted molar refractivity (Wildman–Crippen MR) is 102 cm³/mol. The molecule has 0 radical (unpaired) electrons. The summed E-state index contributed by atoms with van der Waals surface area (Å²) in [6, 6.07) is 1.84. The number of amides is 1. The molecule has 0 saturated carbocycles. The van der Waals surface area contributed by atoms with Crippen molar-refractivity contribution < 1.29 is 9.53 Å². The fourth-order valence-corrected chi connectivity index (χ4v) is 3.34. The number of hydrogen-bond acceptors (Lipinski definition) is 6. The Labute approximate surface area is 156 Å². The minimum atomic E-state index is -0.110. The van der Waals surface area contributed by atoms with Crippen molar-refractivity contribution in [2.24, 2.45) is 0 Å². The Bertz CT molecular complexity index is 596. The monoisotopic (exact) mass is 361 g/mol. The molecule has 7 heteroatoms. The van der Waals surface area contributed by atoms with Crippen molar-refractivity contribution >= 4 is 11.9 Å². The van der Waals surface area contributed by atoms with Gasteiger partial charge in [0.25, 0.3) is 5.91 Å². The molecule has 0 unspecified atom stereocenters. The third-order valence-corrected chi connectivity index (χ3v) is 5.01. The molecule has 1 amide bonds. The molecule has 2 aliphatic rings. The normalized spacial score (nSPS) is 19.0. The topological polar surface area (TPSA) is 70.6 Å². The number of piperidine rings is 1. The second-order valence-corrected chi connectivity index (χ2v) is 7.39. The summed E-state index contributed by atoms with van der Waals surface area (Å²) in [7, 11) is 0. The van der Waals surface area contributed by atoms with E-state index in [0.717, 1.165) is 64.5 Å². The zero-order chi connectivity index (χ0) is 18.4. The first-order valence-electron chi connectivity index (χ1n) is 9.85. The van der Waals surface area contributed by atoms with Gasteiger partial charge < -0.3 is 15.0 Å². The van der Waals surface area contributed by atoms with Crippen LogP contribution in [-0.4, -0.2) is 73.3 Å². The van der Waals surface area contributed by atoms with Crippen LogP contribution >= 0.6 is 0 Å². The van der Waals surface area contributed by atoms with E-state index in [2.05, 4.69) is 33.9 Å². The molecule has 26 heavy (non-hydrogen) atoms. The Kier molecular flexibility index (Phi) is 6.80. The van der Waals surface area contributed by atoms with Gasteiger partial charge in [-0.05, 0) is 31.2 Å². The fourth-order valence-electron chi connectivity index (χ4n) is 3.34. The van der Waals surface area contributed by atoms with Gasteiger partial charge in [-0.15, -0.1) is 0 Å². The summed E-state index contributed by atoms with van der Waals surface area (Å²) in [6.45, 7) is 11.0. The van der Waals surface area contributed by atoms with Crippen LogP contribution in [0.5, 0.6) is 0 Å². The Balaban J connectivity index is 1.64. The number of nitrogens with zero attached hydrogens (tertiary/aromatic N) is 4. The molecule has 2 aliphatic heterocycles. The number of morpholine rings is 1. The lowest BCUT2D eigenvalue weighted by atomic mass is 10.1. The van der Waals surface area contributed by atoms with E-state index < -0.39 is 0 Å². The van der Waals surface area contributed by atoms with Gasteiger partial charge >= 0.3 is 0 Å². The predicted octanol–water partition coefficient (Wildman–Crippen LogP) is 1.65. The van der Waals surface area contributed by atoms with E-state index >= 15 is 0 Å². The van der Waals surface area contributed by atoms with Crippen LogP contribution in [-0.2, 0) is 4.74 Å². The van der Waals surface area contributed by atoms with Gasteiger partial charge in [0.15, 0.2) is 0 Å². The number of nitrogens with one attached hydrogen (secondary N) is 1. The molecule has 0 aliphatic carbocycles. The van der Waals surface area contributed by atoms with Gasteiger partial charge in [-0.1, -0.05) is 13.8 Å². The number of aromatic nitrogens is 2. The van der Waals surface area contributed by atoms with Crippen molar-refractivity contribution in [1.82, 2.24) is 20.2 Å². The van der Waals surface area contributed by atoms with Gasteiger partial charge in [0.2, 0.25) is 5.95 Å². The van der Waals surface area contributed by atoms with Crippen molar-refractivity contribution in [3.05, 3.63) is 17.5 Å². The van der Waals surface area contributed by atoms with E-state index in [9.17, 15) is 4.79 Å². The van der Waals surface area contributed by atoms with Gasteiger partial charge in [0.05, 0.1) is 13.2 Å². The molecule has 3 heterocycles. The summed E-state index contributed by atoms with van der Waals surface area (Å²) in [5.74, 6) is 0.858. The Hall–Kier alpha value is -1.73. The number of carbonyl (C=O) groups is 1. The summed E-state index contributed by atoms with van der Waals surface area (Å²) < 4.78 is 5.35. The molecule has 0 bridgehead atoms. The number of ether oxygens (including phenoxy) is 1. The smallest absolute Gasteiger partial charge is 0.270 e. The maximum Gasteiger partial charge on any atom is 0.270 e. The minimum Gasteiger partial charge on any atom is -0.379 e. The highest BCUT2D eigenvalue weighted by atomic mass is 16.5. The van der Waals surface area contributed by atoms with Gasteiger partial charge in [0, 0.05) is 45.0 Å². The zero-order valence-electron chi connectivity index (χ0n) is 16.0. The molecular weight excluding hydrogens is 330 g/mol. The van der Waals surface area contributed by atoms with Gasteiger partial charge in [-0.25, -0.2) is 9.97 Å². The molecule has 1 N–H and O–H groups in total. The first-order valence-corrected chi connectivity index (χ1v) is 9.85. The Morgan fingerprint density at radius 1 is 1.15 bits per heavy atom. The second kappa shape index (κ2) is 9.28. The van der Waals surface area contributed by atoms with Gasteiger partial charge in [-0.2, -0.15) is 0 Å². The van der Waals surface area contributed by atoms with Crippen molar-refractivity contribution in [2.75, 3.05) is 57.4 Å². The lowest BCUT2D eigenvalue weighted by molar-refractivity contribution is 0.0383. The Morgan fingerprint density at radius 3 is 2.58 bits per heavy atom.